The van der Waals surface area contributed by atoms with Gasteiger partial charge in [0.15, 0.2) is 6.10 Å². The van der Waals surface area contributed by atoms with Crippen LogP contribution >= 0.6 is 0 Å². The van der Waals surface area contributed by atoms with Gasteiger partial charge in [-0.1, -0.05) is 66.6 Å². The number of hydrogen-bond acceptors (Lipinski definition) is 6. The van der Waals surface area contributed by atoms with Gasteiger partial charge in [0.05, 0.1) is 19.8 Å². The Hall–Kier alpha value is -5.82. The smallest absolute Gasteiger partial charge is 0.425 e. The highest BCUT2D eigenvalue weighted by atomic mass is 19.4. The molecule has 6 nitrogen and oxygen atoms in total. The normalized spacial score (nSPS) is 17.3. The van der Waals surface area contributed by atoms with Crippen LogP contribution in [-0.4, -0.2) is 37.5 Å². The number of methoxy groups -OCH3 is 2. The van der Waals surface area contributed by atoms with Gasteiger partial charge in [-0.15, -0.1) is 5.92 Å². The average molecular weight is 694 g/mol. The van der Waals surface area contributed by atoms with Crippen LogP contribution < -0.4 is 14.8 Å². The van der Waals surface area contributed by atoms with Crippen molar-refractivity contribution in [1.29, 1.82) is 0 Å². The zero-order valence-electron chi connectivity index (χ0n) is 28.4. The molecule has 0 fully saturated rings. The molecule has 4 aromatic carbocycles. The lowest BCUT2D eigenvalue weighted by Gasteiger charge is -2.42. The molecule has 0 aliphatic carbocycles. The summed E-state index contributed by atoms with van der Waals surface area (Å²) >= 11 is 0. The Morgan fingerprint density at radius 2 is 1.41 bits per heavy atom. The van der Waals surface area contributed by atoms with Crippen LogP contribution in [0.4, 0.5) is 17.6 Å². The summed E-state index contributed by atoms with van der Waals surface area (Å²) in [5.74, 6) is 6.24. The highest BCUT2D eigenvalue weighted by Crippen LogP contribution is 2.44. The molecule has 0 bridgehead atoms. The zero-order chi connectivity index (χ0) is 36.2. The van der Waals surface area contributed by atoms with Gasteiger partial charge in [-0.05, 0) is 78.6 Å². The Morgan fingerprint density at radius 1 is 0.804 bits per heavy atom. The van der Waals surface area contributed by atoms with Gasteiger partial charge < -0.3 is 19.5 Å². The number of nitrogens with zero attached hydrogens (tertiary/aromatic N) is 2. The molecule has 51 heavy (non-hydrogen) atoms. The fraction of sp³-hybridized carbons (Fsp3) is 0.220. The Morgan fingerprint density at radius 3 is 1.98 bits per heavy atom. The van der Waals surface area contributed by atoms with Crippen molar-refractivity contribution in [1.82, 2.24) is 10.3 Å². The summed E-state index contributed by atoms with van der Waals surface area (Å²) in [5, 5.41) is 3.31. The van der Waals surface area contributed by atoms with Gasteiger partial charge in [0.1, 0.15) is 22.9 Å². The molecule has 0 amide bonds. The molecule has 0 unspecified atom stereocenters. The van der Waals surface area contributed by atoms with Gasteiger partial charge in [0.25, 0.3) is 6.02 Å². The Balaban J connectivity index is 1.56. The number of rotatable bonds is 8. The van der Waals surface area contributed by atoms with E-state index in [2.05, 4.69) is 22.1 Å². The number of amidine groups is 1. The predicted molar refractivity (Wildman–Crippen MR) is 188 cm³/mol. The third-order valence-corrected chi connectivity index (χ3v) is 8.98. The van der Waals surface area contributed by atoms with Crippen LogP contribution in [0.5, 0.6) is 11.5 Å². The SMILES string of the molecule is CC#Cc1cncc(-c2ccc(F)c([C@]3(C)C[C@@H](C(F)(F)F)OC(NC(c4ccccc4)(c4ccc(OC)cc4)c4ccc(OC)cc4)=N3)c2)c1. The number of aromatic nitrogens is 1. The molecule has 0 saturated carbocycles. The van der Waals surface area contributed by atoms with Crippen LogP contribution in [0.1, 0.15) is 48.1 Å². The van der Waals surface area contributed by atoms with E-state index in [0.717, 1.165) is 0 Å². The molecular weight excluding hydrogens is 658 g/mol. The number of ether oxygens (including phenoxy) is 3. The third kappa shape index (κ3) is 7.11. The third-order valence-electron chi connectivity index (χ3n) is 8.98. The molecule has 10 heteroatoms. The maximum Gasteiger partial charge on any atom is 0.425 e. The van der Waals surface area contributed by atoms with E-state index >= 15 is 4.39 Å². The minimum Gasteiger partial charge on any atom is -0.497 e. The number of hydrogen-bond donors (Lipinski definition) is 1. The number of aliphatic imine (C=N–C) groups is 1. The number of nitrogens with one attached hydrogen (secondary N) is 1. The molecule has 1 aliphatic rings. The van der Waals surface area contributed by atoms with Crippen molar-refractivity contribution in [3.63, 3.8) is 0 Å². The van der Waals surface area contributed by atoms with Crippen molar-refractivity contribution >= 4 is 6.02 Å². The van der Waals surface area contributed by atoms with E-state index in [1.54, 1.807) is 69.9 Å². The van der Waals surface area contributed by atoms with Crippen molar-refractivity contribution < 1.29 is 31.8 Å². The number of halogens is 4. The number of alkyl halides is 3. The molecular formula is C41H35F4N3O3. The van der Waals surface area contributed by atoms with Crippen molar-refractivity contribution in [2.45, 2.75) is 43.6 Å². The summed E-state index contributed by atoms with van der Waals surface area (Å²) in [4.78, 5) is 9.02. The first-order chi connectivity index (χ1) is 24.5. The monoisotopic (exact) mass is 693 g/mol. The quantitative estimate of drug-likeness (QED) is 0.100. The number of pyridine rings is 1. The summed E-state index contributed by atoms with van der Waals surface area (Å²) in [6.45, 7) is 3.19. The summed E-state index contributed by atoms with van der Waals surface area (Å²) in [5.41, 5.74) is 0.723. The first-order valence-corrected chi connectivity index (χ1v) is 16.1. The first-order valence-electron chi connectivity index (χ1n) is 16.1. The van der Waals surface area contributed by atoms with Gasteiger partial charge in [-0.25, -0.2) is 9.38 Å². The highest BCUT2D eigenvalue weighted by Gasteiger charge is 2.51. The lowest BCUT2D eigenvalue weighted by Crippen LogP contribution is -2.54. The van der Waals surface area contributed by atoms with Crippen LogP contribution in [-0.2, 0) is 15.8 Å². The summed E-state index contributed by atoms with van der Waals surface area (Å²) < 4.78 is 76.7. The Labute approximate surface area is 294 Å². The van der Waals surface area contributed by atoms with Gasteiger partial charge in [0, 0.05) is 35.5 Å². The van der Waals surface area contributed by atoms with Crippen LogP contribution in [0.25, 0.3) is 11.1 Å². The standard InChI is InChI=1S/C41H35F4N3O3/c1-5-9-27-22-29(26-46-25-27)28-12-21-36(42)35(23-28)39(2)24-37(41(43,44)45)51-38(47-39)48-40(30-10-7-6-8-11-30,31-13-17-33(49-3)18-14-31)32-15-19-34(50-4)20-16-32/h6-8,10-23,25-26,37H,24H2,1-4H3,(H,47,48)/t37-,39-/m0/s1. The van der Waals surface area contributed by atoms with E-state index in [4.69, 9.17) is 19.2 Å². The minimum atomic E-state index is -4.80. The van der Waals surface area contributed by atoms with Gasteiger partial charge in [-0.2, -0.15) is 13.2 Å². The fourth-order valence-corrected chi connectivity index (χ4v) is 6.42. The zero-order valence-corrected chi connectivity index (χ0v) is 28.4. The highest BCUT2D eigenvalue weighted by molar-refractivity contribution is 5.79. The van der Waals surface area contributed by atoms with Crippen LogP contribution in [0.3, 0.4) is 0 Å². The van der Waals surface area contributed by atoms with Crippen LogP contribution in [0.15, 0.2) is 121 Å². The first kappa shape index (κ1) is 35.0. The largest absolute Gasteiger partial charge is 0.497 e. The molecule has 1 aliphatic heterocycles. The van der Waals surface area contributed by atoms with Crippen molar-refractivity contribution in [2.75, 3.05) is 14.2 Å². The van der Waals surface area contributed by atoms with Crippen LogP contribution in [0, 0.1) is 17.7 Å². The molecule has 0 spiro atoms. The minimum absolute atomic E-state index is 0.0250. The van der Waals surface area contributed by atoms with Gasteiger partial charge in [0.2, 0.25) is 0 Å². The molecule has 0 saturated heterocycles. The molecule has 1 aromatic heterocycles. The molecule has 5 aromatic rings. The molecule has 6 rings (SSSR count). The van der Waals surface area contributed by atoms with Crippen molar-refractivity contribution in [2.24, 2.45) is 4.99 Å². The average Bonchev–Trinajstić information content (AvgIpc) is 3.14. The summed E-state index contributed by atoms with van der Waals surface area (Å²) in [6.07, 6.45) is -4.58. The van der Waals surface area contributed by atoms with E-state index in [9.17, 15) is 13.2 Å². The van der Waals surface area contributed by atoms with Crippen LogP contribution in [0.2, 0.25) is 0 Å². The topological polar surface area (TPSA) is 65.0 Å². The molecule has 2 atom stereocenters. The predicted octanol–water partition coefficient (Wildman–Crippen LogP) is 8.78. The van der Waals surface area contributed by atoms with E-state index in [-0.39, 0.29) is 5.56 Å². The van der Waals surface area contributed by atoms with Crippen molar-refractivity contribution in [3.05, 3.63) is 149 Å². The second kappa shape index (κ2) is 14.2. The Bertz CT molecular complexity index is 2040. The summed E-state index contributed by atoms with van der Waals surface area (Å²) in [7, 11) is 3.09. The maximum atomic E-state index is 15.9. The van der Waals surface area contributed by atoms with Gasteiger partial charge in [-0.3, -0.25) is 4.98 Å². The lowest BCUT2D eigenvalue weighted by atomic mass is 9.77. The van der Waals surface area contributed by atoms with E-state index < -0.39 is 41.6 Å². The second-order valence-corrected chi connectivity index (χ2v) is 12.3. The number of benzene rings is 4. The van der Waals surface area contributed by atoms with E-state index in [0.29, 0.717) is 44.9 Å². The van der Waals surface area contributed by atoms with E-state index in [1.807, 2.05) is 54.6 Å². The Kier molecular flexibility index (Phi) is 9.75. The molecule has 0 radical (unpaired) electrons. The molecule has 2 heterocycles. The second-order valence-electron chi connectivity index (χ2n) is 12.3. The summed E-state index contributed by atoms with van der Waals surface area (Å²) in [6, 6.07) is 29.3. The molecule has 260 valence electrons. The fourth-order valence-electron chi connectivity index (χ4n) is 6.42. The van der Waals surface area contributed by atoms with Crippen molar-refractivity contribution in [3.8, 4) is 34.5 Å². The van der Waals surface area contributed by atoms with Gasteiger partial charge >= 0.3 is 6.18 Å². The maximum absolute atomic E-state index is 15.9. The molecule has 1 N–H and O–H groups in total. The van der Waals surface area contributed by atoms with E-state index in [1.165, 1.54) is 19.1 Å². The lowest BCUT2D eigenvalue weighted by molar-refractivity contribution is -0.209.